The average Bonchev–Trinajstić information content (AvgIpc) is 2.67. The summed E-state index contributed by atoms with van der Waals surface area (Å²) in [5.41, 5.74) is 0.425. The highest BCUT2D eigenvalue weighted by Gasteiger charge is 2.07. The van der Waals surface area contributed by atoms with Crippen LogP contribution in [0.25, 0.3) is 11.5 Å². The molecular formula is C9H10N4O2. The first-order valence-electron chi connectivity index (χ1n) is 4.45. The van der Waals surface area contributed by atoms with Crippen LogP contribution in [0, 0.1) is 0 Å². The van der Waals surface area contributed by atoms with Gasteiger partial charge in [-0.2, -0.15) is 0 Å². The Morgan fingerprint density at radius 2 is 2.40 bits per heavy atom. The van der Waals surface area contributed by atoms with E-state index in [1.165, 1.54) is 6.07 Å². The largest absolute Gasteiger partial charge is 0.419 e. The van der Waals surface area contributed by atoms with Gasteiger partial charge in [0, 0.05) is 17.8 Å². The quantitative estimate of drug-likeness (QED) is 0.746. The zero-order chi connectivity index (χ0) is 10.7. The van der Waals surface area contributed by atoms with Crippen molar-refractivity contribution in [2.75, 3.05) is 7.05 Å². The Balaban J connectivity index is 2.33. The second-order valence-electron chi connectivity index (χ2n) is 2.97. The number of nitrogens with zero attached hydrogens (tertiary/aromatic N) is 2. The van der Waals surface area contributed by atoms with Gasteiger partial charge in [0.25, 0.3) is 0 Å². The summed E-state index contributed by atoms with van der Waals surface area (Å²) >= 11 is 0. The Morgan fingerprint density at radius 1 is 1.53 bits per heavy atom. The number of pyridine rings is 1. The van der Waals surface area contributed by atoms with Gasteiger partial charge in [-0.1, -0.05) is 0 Å². The van der Waals surface area contributed by atoms with Gasteiger partial charge in [0.1, 0.15) is 0 Å². The second-order valence-corrected chi connectivity index (χ2v) is 2.97. The standard InChI is InChI=1S/C9H10N4O2/c1-10-5-8-12-13-9(15-8)6-2-3-11-7(14)4-6/h2-4,10H,5H2,1H3,(H,11,14). The van der Waals surface area contributed by atoms with E-state index in [0.717, 1.165) is 0 Å². The molecule has 0 amide bonds. The fraction of sp³-hybridized carbons (Fsp3) is 0.222. The molecular weight excluding hydrogens is 196 g/mol. The molecule has 0 aliphatic heterocycles. The van der Waals surface area contributed by atoms with E-state index in [1.807, 2.05) is 0 Å². The predicted molar refractivity (Wildman–Crippen MR) is 53.1 cm³/mol. The molecule has 2 aromatic rings. The van der Waals surface area contributed by atoms with Crippen molar-refractivity contribution in [3.8, 4) is 11.5 Å². The van der Waals surface area contributed by atoms with Gasteiger partial charge in [-0.05, 0) is 13.1 Å². The SMILES string of the molecule is CNCc1nnc(-c2cc[nH]c(=O)c2)o1. The number of aromatic nitrogens is 3. The minimum Gasteiger partial charge on any atom is -0.419 e. The molecule has 2 heterocycles. The van der Waals surface area contributed by atoms with Crippen molar-refractivity contribution >= 4 is 0 Å². The molecule has 0 aliphatic rings. The van der Waals surface area contributed by atoms with Crippen molar-refractivity contribution in [1.29, 1.82) is 0 Å². The summed E-state index contributed by atoms with van der Waals surface area (Å²) in [6.07, 6.45) is 1.54. The second kappa shape index (κ2) is 4.05. The van der Waals surface area contributed by atoms with Gasteiger partial charge >= 0.3 is 0 Å². The Kier molecular flexibility index (Phi) is 2.59. The van der Waals surface area contributed by atoms with E-state index >= 15 is 0 Å². The molecule has 0 spiro atoms. The minimum atomic E-state index is -0.194. The molecule has 2 rings (SSSR count). The van der Waals surface area contributed by atoms with Crippen LogP contribution in [-0.2, 0) is 6.54 Å². The van der Waals surface area contributed by atoms with E-state index < -0.39 is 0 Å². The third-order valence-electron chi connectivity index (χ3n) is 1.82. The van der Waals surface area contributed by atoms with Gasteiger partial charge in [0.05, 0.1) is 6.54 Å². The summed E-state index contributed by atoms with van der Waals surface area (Å²) in [4.78, 5) is 13.6. The summed E-state index contributed by atoms with van der Waals surface area (Å²) in [6, 6.07) is 3.12. The van der Waals surface area contributed by atoms with Gasteiger partial charge in [-0.25, -0.2) is 0 Å². The molecule has 0 aliphatic carbocycles. The van der Waals surface area contributed by atoms with Crippen LogP contribution < -0.4 is 10.9 Å². The highest BCUT2D eigenvalue weighted by Crippen LogP contribution is 2.14. The van der Waals surface area contributed by atoms with Crippen molar-refractivity contribution in [3.63, 3.8) is 0 Å². The first kappa shape index (κ1) is 9.60. The molecule has 0 radical (unpaired) electrons. The molecule has 6 nitrogen and oxygen atoms in total. The van der Waals surface area contributed by atoms with E-state index in [1.54, 1.807) is 19.3 Å². The maximum atomic E-state index is 11.0. The zero-order valence-electron chi connectivity index (χ0n) is 8.15. The van der Waals surface area contributed by atoms with Crippen LogP contribution in [0.1, 0.15) is 5.89 Å². The lowest BCUT2D eigenvalue weighted by Crippen LogP contribution is -2.04. The van der Waals surface area contributed by atoms with Crippen molar-refractivity contribution in [1.82, 2.24) is 20.5 Å². The lowest BCUT2D eigenvalue weighted by Gasteiger charge is -1.92. The lowest BCUT2D eigenvalue weighted by atomic mass is 10.3. The van der Waals surface area contributed by atoms with Crippen LogP contribution in [0.5, 0.6) is 0 Å². The molecule has 78 valence electrons. The fourth-order valence-electron chi connectivity index (χ4n) is 1.17. The molecule has 0 bridgehead atoms. The maximum Gasteiger partial charge on any atom is 0.248 e. The number of nitrogens with one attached hydrogen (secondary N) is 2. The summed E-state index contributed by atoms with van der Waals surface area (Å²) in [5, 5.41) is 10.6. The third-order valence-corrected chi connectivity index (χ3v) is 1.82. The number of hydrogen-bond acceptors (Lipinski definition) is 5. The number of H-pyrrole nitrogens is 1. The predicted octanol–water partition coefficient (Wildman–Crippen LogP) is 0.144. The molecule has 15 heavy (non-hydrogen) atoms. The van der Waals surface area contributed by atoms with E-state index in [4.69, 9.17) is 4.42 Å². The molecule has 2 aromatic heterocycles. The highest BCUT2D eigenvalue weighted by molar-refractivity contribution is 5.50. The smallest absolute Gasteiger partial charge is 0.248 e. The highest BCUT2D eigenvalue weighted by atomic mass is 16.4. The molecule has 0 unspecified atom stereocenters. The molecule has 0 atom stereocenters. The Hall–Kier alpha value is -1.95. The van der Waals surface area contributed by atoms with Crippen LogP contribution >= 0.6 is 0 Å². The van der Waals surface area contributed by atoms with E-state index in [2.05, 4.69) is 20.5 Å². The first-order chi connectivity index (χ1) is 7.29. The monoisotopic (exact) mass is 206 g/mol. The van der Waals surface area contributed by atoms with Crippen molar-refractivity contribution in [2.45, 2.75) is 6.54 Å². The Morgan fingerprint density at radius 3 is 3.13 bits per heavy atom. The normalized spacial score (nSPS) is 10.5. The van der Waals surface area contributed by atoms with Crippen LogP contribution in [0.15, 0.2) is 27.5 Å². The van der Waals surface area contributed by atoms with E-state index in [9.17, 15) is 4.79 Å². The minimum absolute atomic E-state index is 0.194. The molecule has 0 saturated carbocycles. The van der Waals surface area contributed by atoms with E-state index in [-0.39, 0.29) is 5.56 Å². The molecule has 6 heteroatoms. The van der Waals surface area contributed by atoms with Gasteiger partial charge in [0.2, 0.25) is 17.3 Å². The van der Waals surface area contributed by atoms with Gasteiger partial charge < -0.3 is 14.7 Å². The van der Waals surface area contributed by atoms with Crippen LogP contribution in [0.4, 0.5) is 0 Å². The molecule has 2 N–H and O–H groups in total. The maximum absolute atomic E-state index is 11.0. The van der Waals surface area contributed by atoms with Crippen LogP contribution in [0.2, 0.25) is 0 Å². The fourth-order valence-corrected chi connectivity index (χ4v) is 1.17. The van der Waals surface area contributed by atoms with Gasteiger partial charge in [-0.15, -0.1) is 10.2 Å². The van der Waals surface area contributed by atoms with Crippen molar-refractivity contribution in [3.05, 3.63) is 34.6 Å². The summed E-state index contributed by atoms with van der Waals surface area (Å²) < 4.78 is 5.33. The van der Waals surface area contributed by atoms with Gasteiger partial charge in [-0.3, -0.25) is 4.79 Å². The molecule has 0 aromatic carbocycles. The Labute approximate surface area is 85.4 Å². The van der Waals surface area contributed by atoms with Crippen LogP contribution in [0.3, 0.4) is 0 Å². The molecule has 0 fully saturated rings. The Bertz CT molecular complexity index is 503. The third kappa shape index (κ3) is 2.10. The van der Waals surface area contributed by atoms with Crippen molar-refractivity contribution in [2.24, 2.45) is 0 Å². The topological polar surface area (TPSA) is 83.8 Å². The molecule has 0 saturated heterocycles. The zero-order valence-corrected chi connectivity index (χ0v) is 8.15. The van der Waals surface area contributed by atoms with Gasteiger partial charge in [0.15, 0.2) is 0 Å². The number of hydrogen-bond donors (Lipinski definition) is 2. The number of aromatic amines is 1. The summed E-state index contributed by atoms with van der Waals surface area (Å²) in [7, 11) is 1.79. The average molecular weight is 206 g/mol. The van der Waals surface area contributed by atoms with Crippen molar-refractivity contribution < 1.29 is 4.42 Å². The first-order valence-corrected chi connectivity index (χ1v) is 4.45. The summed E-state index contributed by atoms with van der Waals surface area (Å²) in [5.74, 6) is 0.846. The summed E-state index contributed by atoms with van der Waals surface area (Å²) in [6.45, 7) is 0.510. The number of rotatable bonds is 3. The van der Waals surface area contributed by atoms with E-state index in [0.29, 0.717) is 23.9 Å². The van der Waals surface area contributed by atoms with Crippen LogP contribution in [-0.4, -0.2) is 22.2 Å². The lowest BCUT2D eigenvalue weighted by molar-refractivity contribution is 0.490.